The Morgan fingerprint density at radius 1 is 1.15 bits per heavy atom. The van der Waals surface area contributed by atoms with Crippen LogP contribution in [0.15, 0.2) is 48.5 Å². The molecule has 2 aromatic heterocycles. The lowest BCUT2D eigenvalue weighted by atomic mass is 10.2. The third-order valence-corrected chi connectivity index (χ3v) is 4.76. The lowest BCUT2D eigenvalue weighted by Crippen LogP contribution is -2.23. The maximum Gasteiger partial charge on any atom is 0.221 e. The van der Waals surface area contributed by atoms with Crippen molar-refractivity contribution in [3.05, 3.63) is 69.7 Å². The molecule has 8 heteroatoms. The van der Waals surface area contributed by atoms with E-state index in [1.807, 2.05) is 36.4 Å². The molecule has 0 spiro atoms. The number of halogens is 1. The first-order valence-electron chi connectivity index (χ1n) is 8.48. The van der Waals surface area contributed by atoms with Crippen LogP contribution in [0.1, 0.15) is 17.8 Å². The molecule has 1 amide bonds. The van der Waals surface area contributed by atoms with Gasteiger partial charge in [0.05, 0.1) is 5.52 Å². The molecule has 0 aliphatic heterocycles. The number of para-hydroxylation sites is 1. The average molecular weight is 398 g/mol. The number of H-pyrrole nitrogens is 1. The normalized spacial score (nSPS) is 11.1. The molecule has 2 N–H and O–H groups in total. The molecule has 136 valence electrons. The summed E-state index contributed by atoms with van der Waals surface area (Å²) in [5.41, 5.74) is 2.53. The van der Waals surface area contributed by atoms with Gasteiger partial charge in [-0.3, -0.25) is 9.89 Å². The number of amides is 1. The third kappa shape index (κ3) is 3.84. The first kappa shape index (κ1) is 17.6. The Balaban J connectivity index is 1.45. The van der Waals surface area contributed by atoms with Gasteiger partial charge >= 0.3 is 0 Å². The highest BCUT2D eigenvalue weighted by atomic mass is 35.5. The lowest BCUT2D eigenvalue weighted by molar-refractivity contribution is -0.121. The summed E-state index contributed by atoms with van der Waals surface area (Å²) in [6, 6.07) is 15.1. The van der Waals surface area contributed by atoms with E-state index in [2.05, 4.69) is 20.4 Å². The van der Waals surface area contributed by atoms with Gasteiger partial charge in [-0.15, -0.1) is 0 Å². The van der Waals surface area contributed by atoms with Crippen molar-refractivity contribution in [3.8, 4) is 0 Å². The highest BCUT2D eigenvalue weighted by Gasteiger charge is 2.10. The number of hydrogen-bond acceptors (Lipinski definition) is 4. The van der Waals surface area contributed by atoms with Crippen molar-refractivity contribution in [2.75, 3.05) is 0 Å². The molecule has 0 unspecified atom stereocenters. The molecule has 2 aromatic carbocycles. The van der Waals surface area contributed by atoms with E-state index in [1.54, 1.807) is 16.6 Å². The molecule has 0 radical (unpaired) electrons. The number of fused-ring (bicyclic) bond motifs is 3. The summed E-state index contributed by atoms with van der Waals surface area (Å²) in [5.74, 6) is 0.651. The van der Waals surface area contributed by atoms with E-state index in [9.17, 15) is 4.79 Å². The van der Waals surface area contributed by atoms with Gasteiger partial charge in [-0.05, 0) is 42.0 Å². The van der Waals surface area contributed by atoms with Gasteiger partial charge in [0.1, 0.15) is 5.82 Å². The molecule has 0 saturated heterocycles. The predicted octanol–water partition coefficient (Wildman–Crippen LogP) is 3.84. The number of aryl methyl sites for hydroxylation is 1. The topological polar surface area (TPSA) is 75.1 Å². The summed E-state index contributed by atoms with van der Waals surface area (Å²) >= 11 is 11.2. The Morgan fingerprint density at radius 2 is 1.93 bits per heavy atom. The number of carbonyl (C=O) groups excluding carboxylic acids is 1. The van der Waals surface area contributed by atoms with E-state index < -0.39 is 0 Å². The van der Waals surface area contributed by atoms with Crippen LogP contribution in [-0.4, -0.2) is 25.5 Å². The Morgan fingerprint density at radius 3 is 2.74 bits per heavy atom. The highest BCUT2D eigenvalue weighted by molar-refractivity contribution is 7.71. The number of nitrogens with one attached hydrogen (secondary N) is 2. The first-order valence-corrected chi connectivity index (χ1v) is 9.26. The molecule has 0 saturated carbocycles. The van der Waals surface area contributed by atoms with Gasteiger partial charge in [-0.2, -0.15) is 0 Å². The molecule has 4 aromatic rings. The quantitative estimate of drug-likeness (QED) is 0.502. The molecule has 6 nitrogen and oxygen atoms in total. The molecule has 2 heterocycles. The molecule has 0 fully saturated rings. The minimum atomic E-state index is -0.0445. The molecular weight excluding hydrogens is 382 g/mol. The second-order valence-electron chi connectivity index (χ2n) is 6.14. The van der Waals surface area contributed by atoms with Crippen molar-refractivity contribution >= 4 is 46.3 Å². The number of benzene rings is 2. The molecule has 4 rings (SSSR count). The second-order valence-corrected chi connectivity index (χ2v) is 6.95. The Kier molecular flexibility index (Phi) is 4.87. The van der Waals surface area contributed by atoms with Crippen molar-refractivity contribution in [1.29, 1.82) is 0 Å². The van der Waals surface area contributed by atoms with Gasteiger partial charge in [-0.1, -0.05) is 35.9 Å². The SMILES string of the molecule is O=C(CCc1nc2c3ccccc3nc(=S)n2[nH]1)NCc1ccc(Cl)cc1. The maximum atomic E-state index is 12.1. The highest BCUT2D eigenvalue weighted by Crippen LogP contribution is 2.17. The van der Waals surface area contributed by atoms with Gasteiger partial charge in [0, 0.05) is 29.8 Å². The van der Waals surface area contributed by atoms with Crippen molar-refractivity contribution in [2.24, 2.45) is 0 Å². The van der Waals surface area contributed by atoms with Crippen LogP contribution in [0.3, 0.4) is 0 Å². The number of rotatable bonds is 5. The summed E-state index contributed by atoms with van der Waals surface area (Å²) in [7, 11) is 0. The zero-order valence-electron chi connectivity index (χ0n) is 14.3. The van der Waals surface area contributed by atoms with Crippen LogP contribution in [-0.2, 0) is 17.8 Å². The van der Waals surface area contributed by atoms with E-state index >= 15 is 0 Å². The molecule has 0 aliphatic carbocycles. The van der Waals surface area contributed by atoms with Crippen LogP contribution in [0.5, 0.6) is 0 Å². The fourth-order valence-corrected chi connectivity index (χ4v) is 3.21. The van der Waals surface area contributed by atoms with Gasteiger partial charge in [0.15, 0.2) is 5.65 Å². The predicted molar refractivity (Wildman–Crippen MR) is 107 cm³/mol. The largest absolute Gasteiger partial charge is 0.352 e. The van der Waals surface area contributed by atoms with Crippen LogP contribution >= 0.6 is 23.8 Å². The molecular formula is C19H16ClN5OS. The Hall–Kier alpha value is -2.77. The van der Waals surface area contributed by atoms with Crippen molar-refractivity contribution in [2.45, 2.75) is 19.4 Å². The maximum absolute atomic E-state index is 12.1. The molecule has 0 atom stereocenters. The number of nitrogens with zero attached hydrogens (tertiary/aromatic N) is 3. The summed E-state index contributed by atoms with van der Waals surface area (Å²) in [4.78, 5) is 21.1. The van der Waals surface area contributed by atoms with Crippen molar-refractivity contribution < 1.29 is 4.79 Å². The molecule has 27 heavy (non-hydrogen) atoms. The van der Waals surface area contributed by atoms with Gasteiger partial charge in [-0.25, -0.2) is 14.5 Å². The van der Waals surface area contributed by atoms with Crippen LogP contribution < -0.4 is 5.32 Å². The van der Waals surface area contributed by atoms with E-state index in [0.29, 0.717) is 35.0 Å². The first-order chi connectivity index (χ1) is 13.1. The van der Waals surface area contributed by atoms with Gasteiger partial charge < -0.3 is 5.32 Å². The lowest BCUT2D eigenvalue weighted by Gasteiger charge is -2.04. The fraction of sp³-hybridized carbons (Fsp3) is 0.158. The summed E-state index contributed by atoms with van der Waals surface area (Å²) in [6.45, 7) is 0.468. The average Bonchev–Trinajstić information content (AvgIpc) is 3.11. The van der Waals surface area contributed by atoms with Gasteiger partial charge in [0.2, 0.25) is 10.7 Å². The standard InChI is InChI=1S/C19H16ClN5OS/c20-13-7-5-12(6-8-13)11-21-17(26)10-9-16-23-18-14-3-1-2-4-15(14)22-19(27)25(18)24-16/h1-8H,9-11H2,(H,21,26)(H,23,24). The smallest absolute Gasteiger partial charge is 0.221 e. The number of hydrogen-bond donors (Lipinski definition) is 2. The van der Waals surface area contributed by atoms with E-state index in [-0.39, 0.29) is 5.91 Å². The Bertz CT molecular complexity index is 1180. The number of aromatic amines is 1. The minimum absolute atomic E-state index is 0.0445. The monoisotopic (exact) mass is 397 g/mol. The van der Waals surface area contributed by atoms with Gasteiger partial charge in [0.25, 0.3) is 0 Å². The van der Waals surface area contributed by atoms with Crippen LogP contribution in [0, 0.1) is 4.77 Å². The molecule has 0 bridgehead atoms. The van der Waals surface area contributed by atoms with E-state index in [0.717, 1.165) is 22.1 Å². The van der Waals surface area contributed by atoms with E-state index in [4.69, 9.17) is 23.8 Å². The minimum Gasteiger partial charge on any atom is -0.352 e. The zero-order chi connectivity index (χ0) is 18.8. The summed E-state index contributed by atoms with van der Waals surface area (Å²) in [5, 5.41) is 7.63. The van der Waals surface area contributed by atoms with E-state index in [1.165, 1.54) is 0 Å². The fourth-order valence-electron chi connectivity index (χ4n) is 2.85. The van der Waals surface area contributed by atoms with Crippen LogP contribution in [0.4, 0.5) is 0 Å². The summed E-state index contributed by atoms with van der Waals surface area (Å²) in [6.07, 6.45) is 0.809. The second kappa shape index (κ2) is 7.46. The number of carbonyl (C=O) groups is 1. The number of aromatic nitrogens is 4. The van der Waals surface area contributed by atoms with Crippen molar-refractivity contribution in [1.82, 2.24) is 24.9 Å². The van der Waals surface area contributed by atoms with Crippen LogP contribution in [0.2, 0.25) is 5.02 Å². The van der Waals surface area contributed by atoms with Crippen molar-refractivity contribution in [3.63, 3.8) is 0 Å². The zero-order valence-corrected chi connectivity index (χ0v) is 15.8. The third-order valence-electron chi connectivity index (χ3n) is 4.24. The van der Waals surface area contributed by atoms with Crippen LogP contribution in [0.25, 0.3) is 16.6 Å². The molecule has 0 aliphatic rings. The Labute approximate surface area is 165 Å². The summed E-state index contributed by atoms with van der Waals surface area (Å²) < 4.78 is 2.09.